The Morgan fingerprint density at radius 3 is 2.50 bits per heavy atom. The van der Waals surface area contributed by atoms with E-state index < -0.39 is 10.0 Å². The number of nitrogens with zero attached hydrogens (tertiary/aromatic N) is 1. The Kier molecular flexibility index (Phi) is 8.59. The smallest absolute Gasteiger partial charge is 0.240 e. The van der Waals surface area contributed by atoms with Crippen LogP contribution >= 0.6 is 23.4 Å². The second kappa shape index (κ2) is 10.7. The lowest BCUT2D eigenvalue weighted by atomic mass is 10.2. The fraction of sp³-hybridized carbons (Fsp3) is 0.316. The predicted molar refractivity (Wildman–Crippen MR) is 114 cm³/mol. The third kappa shape index (κ3) is 7.33. The van der Waals surface area contributed by atoms with E-state index in [0.29, 0.717) is 35.0 Å². The van der Waals surface area contributed by atoms with Gasteiger partial charge in [-0.25, -0.2) is 12.8 Å². The number of hydrogen-bond acceptors (Lipinski definition) is 4. The van der Waals surface area contributed by atoms with E-state index in [0.717, 1.165) is 16.3 Å². The van der Waals surface area contributed by atoms with Crippen molar-refractivity contribution in [3.05, 3.63) is 64.9 Å². The highest BCUT2D eigenvalue weighted by atomic mass is 35.5. The van der Waals surface area contributed by atoms with Gasteiger partial charge in [-0.3, -0.25) is 9.10 Å². The number of sulfonamides is 1. The molecule has 1 amide bonds. The van der Waals surface area contributed by atoms with Gasteiger partial charge in [0.1, 0.15) is 12.4 Å². The van der Waals surface area contributed by atoms with E-state index in [4.69, 9.17) is 11.6 Å². The minimum absolute atomic E-state index is 0.216. The first-order valence-electron chi connectivity index (χ1n) is 8.58. The summed E-state index contributed by atoms with van der Waals surface area (Å²) in [6.07, 6.45) is 1.75. The van der Waals surface area contributed by atoms with Crippen molar-refractivity contribution in [3.63, 3.8) is 0 Å². The number of carbonyl (C=O) groups is 1. The molecule has 0 aliphatic rings. The molecule has 0 unspecified atom stereocenters. The largest absolute Gasteiger partial charge is 0.354 e. The summed E-state index contributed by atoms with van der Waals surface area (Å²) in [6.45, 7) is 0.115. The molecule has 0 fully saturated rings. The van der Waals surface area contributed by atoms with Gasteiger partial charge >= 0.3 is 0 Å². The summed E-state index contributed by atoms with van der Waals surface area (Å²) in [6, 6.07) is 12.9. The molecule has 0 bridgehead atoms. The number of nitrogens with one attached hydrogen (secondary N) is 1. The fourth-order valence-corrected chi connectivity index (χ4v) is 4.32. The standard InChI is InChI=1S/C19H22ClFN2O3S2/c1-28(25,26)23(17-9-7-16(20)8-10-17)13-19(24)22-11-4-12-27-14-15-5-2-3-6-18(15)21/h2-3,5-10H,4,11-14H2,1H3,(H,22,24). The van der Waals surface area contributed by atoms with Gasteiger partial charge in [-0.15, -0.1) is 0 Å². The van der Waals surface area contributed by atoms with Gasteiger partial charge in [-0.05, 0) is 48.1 Å². The van der Waals surface area contributed by atoms with Crippen molar-refractivity contribution in [1.82, 2.24) is 5.32 Å². The number of benzene rings is 2. The van der Waals surface area contributed by atoms with Crippen molar-refractivity contribution in [2.24, 2.45) is 0 Å². The Morgan fingerprint density at radius 2 is 1.86 bits per heavy atom. The SMILES string of the molecule is CS(=O)(=O)N(CC(=O)NCCCSCc1ccccc1F)c1ccc(Cl)cc1. The Hall–Kier alpha value is -1.77. The minimum atomic E-state index is -3.61. The Morgan fingerprint density at radius 1 is 1.18 bits per heavy atom. The normalized spacial score (nSPS) is 11.2. The summed E-state index contributed by atoms with van der Waals surface area (Å²) in [5.74, 6) is 0.714. The first-order valence-corrected chi connectivity index (χ1v) is 12.0. The van der Waals surface area contributed by atoms with Gasteiger partial charge in [0, 0.05) is 17.3 Å². The molecule has 2 aromatic carbocycles. The summed E-state index contributed by atoms with van der Waals surface area (Å²) in [5, 5.41) is 3.20. The highest BCUT2D eigenvalue weighted by Gasteiger charge is 2.20. The molecule has 0 saturated heterocycles. The van der Waals surface area contributed by atoms with Gasteiger partial charge in [-0.2, -0.15) is 11.8 Å². The highest BCUT2D eigenvalue weighted by Crippen LogP contribution is 2.20. The summed E-state index contributed by atoms with van der Waals surface area (Å²) in [7, 11) is -3.61. The molecule has 5 nitrogen and oxygen atoms in total. The molecule has 0 spiro atoms. The minimum Gasteiger partial charge on any atom is -0.354 e. The molecule has 2 aromatic rings. The number of thioether (sulfide) groups is 1. The maximum absolute atomic E-state index is 13.5. The second-order valence-corrected chi connectivity index (χ2v) is 9.54. The van der Waals surface area contributed by atoms with E-state index in [1.807, 2.05) is 0 Å². The predicted octanol–water partition coefficient (Wildman–Crippen LogP) is 3.68. The Labute approximate surface area is 174 Å². The maximum Gasteiger partial charge on any atom is 0.240 e. The van der Waals surface area contributed by atoms with Crippen molar-refractivity contribution < 1.29 is 17.6 Å². The third-order valence-corrected chi connectivity index (χ3v) is 6.29. The van der Waals surface area contributed by atoms with E-state index in [-0.39, 0.29) is 18.3 Å². The van der Waals surface area contributed by atoms with Crippen LogP contribution in [0.5, 0.6) is 0 Å². The molecule has 0 aromatic heterocycles. The average Bonchev–Trinajstić information content (AvgIpc) is 2.64. The average molecular weight is 445 g/mol. The molecule has 2 rings (SSSR count). The number of hydrogen-bond donors (Lipinski definition) is 1. The number of anilines is 1. The topological polar surface area (TPSA) is 66.5 Å². The molecule has 0 saturated carbocycles. The molecular formula is C19H22ClFN2O3S2. The summed E-state index contributed by atoms with van der Waals surface area (Å²) < 4.78 is 38.6. The van der Waals surface area contributed by atoms with Gasteiger partial charge in [0.05, 0.1) is 11.9 Å². The van der Waals surface area contributed by atoms with E-state index in [1.165, 1.54) is 6.07 Å². The molecular weight excluding hydrogens is 423 g/mol. The van der Waals surface area contributed by atoms with Gasteiger partial charge < -0.3 is 5.32 Å². The van der Waals surface area contributed by atoms with Crippen LogP contribution in [0.2, 0.25) is 5.02 Å². The van der Waals surface area contributed by atoms with E-state index in [1.54, 1.807) is 54.2 Å². The van der Waals surface area contributed by atoms with E-state index in [9.17, 15) is 17.6 Å². The zero-order valence-electron chi connectivity index (χ0n) is 15.4. The molecule has 28 heavy (non-hydrogen) atoms. The summed E-state index contributed by atoms with van der Waals surface area (Å²) in [4.78, 5) is 12.1. The van der Waals surface area contributed by atoms with Gasteiger partial charge in [0.15, 0.2) is 0 Å². The molecule has 0 aliphatic carbocycles. The van der Waals surface area contributed by atoms with E-state index >= 15 is 0 Å². The molecule has 0 radical (unpaired) electrons. The maximum atomic E-state index is 13.5. The van der Waals surface area contributed by atoms with Crippen LogP contribution in [-0.2, 0) is 20.6 Å². The van der Waals surface area contributed by atoms with Gasteiger partial charge in [0.25, 0.3) is 0 Å². The van der Waals surface area contributed by atoms with Crippen molar-refractivity contribution >= 4 is 45.0 Å². The van der Waals surface area contributed by atoms with Crippen LogP contribution in [-0.4, -0.2) is 39.4 Å². The summed E-state index contributed by atoms with van der Waals surface area (Å²) in [5.41, 5.74) is 1.03. The molecule has 0 aliphatic heterocycles. The summed E-state index contributed by atoms with van der Waals surface area (Å²) >= 11 is 7.40. The lowest BCUT2D eigenvalue weighted by Gasteiger charge is -2.21. The first kappa shape index (κ1) is 22.5. The molecule has 1 N–H and O–H groups in total. The molecule has 0 atom stereocenters. The molecule has 0 heterocycles. The van der Waals surface area contributed by atoms with Crippen LogP contribution < -0.4 is 9.62 Å². The van der Waals surface area contributed by atoms with Crippen molar-refractivity contribution in [1.29, 1.82) is 0 Å². The van der Waals surface area contributed by atoms with Crippen molar-refractivity contribution in [2.45, 2.75) is 12.2 Å². The number of rotatable bonds is 10. The van der Waals surface area contributed by atoms with Crippen LogP contribution in [0.25, 0.3) is 0 Å². The van der Waals surface area contributed by atoms with Crippen LogP contribution in [0.1, 0.15) is 12.0 Å². The zero-order chi connectivity index (χ0) is 20.6. The highest BCUT2D eigenvalue weighted by molar-refractivity contribution is 7.98. The first-order chi connectivity index (χ1) is 13.3. The quantitative estimate of drug-likeness (QED) is 0.567. The van der Waals surface area contributed by atoms with Gasteiger partial charge in [-0.1, -0.05) is 29.8 Å². The zero-order valence-corrected chi connectivity index (χ0v) is 17.8. The van der Waals surface area contributed by atoms with Crippen LogP contribution in [0.4, 0.5) is 10.1 Å². The van der Waals surface area contributed by atoms with E-state index in [2.05, 4.69) is 5.32 Å². The third-order valence-electron chi connectivity index (χ3n) is 3.81. The van der Waals surface area contributed by atoms with Crippen LogP contribution in [0.3, 0.4) is 0 Å². The fourth-order valence-electron chi connectivity index (χ4n) is 2.39. The van der Waals surface area contributed by atoms with Crippen LogP contribution in [0.15, 0.2) is 48.5 Å². The van der Waals surface area contributed by atoms with Crippen LogP contribution in [0, 0.1) is 5.82 Å². The van der Waals surface area contributed by atoms with Crippen molar-refractivity contribution in [2.75, 3.05) is 29.4 Å². The Balaban J connectivity index is 1.75. The lowest BCUT2D eigenvalue weighted by molar-refractivity contribution is -0.119. The number of carbonyl (C=O) groups excluding carboxylic acids is 1. The Bertz CT molecular complexity index is 892. The monoisotopic (exact) mass is 444 g/mol. The van der Waals surface area contributed by atoms with Crippen molar-refractivity contribution in [3.8, 4) is 0 Å². The lowest BCUT2D eigenvalue weighted by Crippen LogP contribution is -2.40. The number of halogens is 2. The molecule has 152 valence electrons. The second-order valence-electron chi connectivity index (χ2n) is 6.09. The van der Waals surface area contributed by atoms with Gasteiger partial charge in [0.2, 0.25) is 15.9 Å². The molecule has 9 heteroatoms. The number of amides is 1.